The second-order valence-electron chi connectivity index (χ2n) is 9.15. The largest absolute Gasteiger partial charge is 0.459 e. The third-order valence-corrected chi connectivity index (χ3v) is 6.26. The molecule has 0 radical (unpaired) electrons. The van der Waals surface area contributed by atoms with Crippen molar-refractivity contribution in [3.8, 4) is 0 Å². The van der Waals surface area contributed by atoms with Crippen molar-refractivity contribution in [3.63, 3.8) is 0 Å². The summed E-state index contributed by atoms with van der Waals surface area (Å²) in [5.41, 5.74) is 9.24. The summed E-state index contributed by atoms with van der Waals surface area (Å²) in [7, 11) is 0. The molecular formula is C30H29N3O9. The predicted molar refractivity (Wildman–Crippen MR) is 147 cm³/mol. The van der Waals surface area contributed by atoms with Crippen molar-refractivity contribution in [3.05, 3.63) is 118 Å². The van der Waals surface area contributed by atoms with E-state index in [1.54, 1.807) is 66.7 Å². The molecule has 4 rings (SSSR count). The van der Waals surface area contributed by atoms with Gasteiger partial charge in [0.25, 0.3) is 0 Å². The average Bonchev–Trinajstić information content (AvgIpc) is 3.03. The summed E-state index contributed by atoms with van der Waals surface area (Å²) >= 11 is 0. The van der Waals surface area contributed by atoms with Crippen LogP contribution in [0.1, 0.15) is 37.5 Å². The molecule has 0 aliphatic carbocycles. The lowest BCUT2D eigenvalue weighted by atomic mass is 9.98. The Morgan fingerprint density at radius 3 is 1.81 bits per heavy atom. The summed E-state index contributed by atoms with van der Waals surface area (Å²) in [6.45, 7) is -0.286. The third-order valence-electron chi connectivity index (χ3n) is 6.26. The van der Waals surface area contributed by atoms with Crippen LogP contribution in [0.15, 0.2) is 96.1 Å². The second-order valence-corrected chi connectivity index (χ2v) is 9.15. The van der Waals surface area contributed by atoms with E-state index in [4.69, 9.17) is 29.2 Å². The molecule has 218 valence electrons. The highest BCUT2D eigenvalue weighted by atomic mass is 16.7. The van der Waals surface area contributed by atoms with Crippen LogP contribution >= 0.6 is 0 Å². The minimum atomic E-state index is -1.59. The fraction of sp³-hybridized carbons (Fsp3) is 0.300. The third kappa shape index (κ3) is 8.15. The monoisotopic (exact) mass is 575 g/mol. The number of hydrogen-bond acceptors (Lipinski definition) is 10. The summed E-state index contributed by atoms with van der Waals surface area (Å²) in [5.74, 6) is -2.22. The highest BCUT2D eigenvalue weighted by Gasteiger charge is 2.51. The Labute approximate surface area is 241 Å². The fourth-order valence-corrected chi connectivity index (χ4v) is 4.15. The van der Waals surface area contributed by atoms with Crippen LogP contribution in [0.4, 0.5) is 0 Å². The van der Waals surface area contributed by atoms with E-state index in [1.165, 1.54) is 24.3 Å². The number of hydrogen-bond donors (Lipinski definition) is 1. The van der Waals surface area contributed by atoms with Crippen LogP contribution in [-0.4, -0.2) is 73.5 Å². The Bertz CT molecular complexity index is 1370. The van der Waals surface area contributed by atoms with Gasteiger partial charge in [0.15, 0.2) is 18.5 Å². The molecule has 1 N–H and O–H groups in total. The molecule has 1 aliphatic heterocycles. The molecule has 1 heterocycles. The van der Waals surface area contributed by atoms with E-state index < -0.39 is 55.2 Å². The maximum atomic E-state index is 13.1. The standard InChI is InChI=1S/C30H29N3O9/c31-33-32-17-10-18-38-30-26(42-29(37)22-15-8-3-9-16-22)25(41-28(36)21-13-6-2-7-14-21)24(34)23(40-30)19-39-27(35)20-11-4-1-5-12-20/h1-9,11-16,23-26,30,34H,10,17-19H2/t23-,24-,25+,26-,30-/m1/s1. The molecule has 3 aromatic carbocycles. The van der Waals surface area contributed by atoms with Crippen molar-refractivity contribution in [2.45, 2.75) is 37.1 Å². The number of rotatable bonds is 12. The van der Waals surface area contributed by atoms with E-state index in [0.29, 0.717) is 6.42 Å². The zero-order valence-corrected chi connectivity index (χ0v) is 22.4. The van der Waals surface area contributed by atoms with Gasteiger partial charge in [0.2, 0.25) is 0 Å². The zero-order valence-electron chi connectivity index (χ0n) is 22.4. The number of benzene rings is 3. The zero-order chi connectivity index (χ0) is 29.7. The molecule has 0 amide bonds. The lowest BCUT2D eigenvalue weighted by molar-refractivity contribution is -0.299. The molecule has 12 nitrogen and oxygen atoms in total. The van der Waals surface area contributed by atoms with Crippen LogP contribution < -0.4 is 0 Å². The lowest BCUT2D eigenvalue weighted by Crippen LogP contribution is -2.62. The maximum Gasteiger partial charge on any atom is 0.338 e. The quantitative estimate of drug-likeness (QED) is 0.0835. The first-order chi connectivity index (χ1) is 20.5. The molecule has 0 bridgehead atoms. The Kier molecular flexibility index (Phi) is 11.0. The van der Waals surface area contributed by atoms with Crippen molar-refractivity contribution < 1.29 is 43.2 Å². The number of carbonyl (C=O) groups excluding carboxylic acids is 3. The van der Waals surface area contributed by atoms with Gasteiger partial charge < -0.3 is 28.8 Å². The van der Waals surface area contributed by atoms with E-state index >= 15 is 0 Å². The Morgan fingerprint density at radius 2 is 1.29 bits per heavy atom. The first kappa shape index (κ1) is 30.2. The van der Waals surface area contributed by atoms with Gasteiger partial charge >= 0.3 is 17.9 Å². The van der Waals surface area contributed by atoms with E-state index in [1.807, 2.05) is 0 Å². The van der Waals surface area contributed by atoms with E-state index in [9.17, 15) is 19.5 Å². The maximum absolute atomic E-state index is 13.1. The number of azide groups is 1. The number of aliphatic hydroxyl groups excluding tert-OH is 1. The summed E-state index contributed by atoms with van der Waals surface area (Å²) in [6, 6.07) is 24.4. The molecule has 0 aromatic heterocycles. The molecule has 0 unspecified atom stereocenters. The summed E-state index contributed by atoms with van der Waals surface area (Å²) in [6.07, 6.45) is -6.74. The number of carbonyl (C=O) groups is 3. The molecule has 5 atom stereocenters. The lowest BCUT2D eigenvalue weighted by Gasteiger charge is -2.43. The van der Waals surface area contributed by atoms with Crippen molar-refractivity contribution in [1.29, 1.82) is 0 Å². The van der Waals surface area contributed by atoms with Gasteiger partial charge in [-0.1, -0.05) is 59.7 Å². The van der Waals surface area contributed by atoms with Crippen LogP contribution in [0, 0.1) is 0 Å². The minimum Gasteiger partial charge on any atom is -0.459 e. The smallest absolute Gasteiger partial charge is 0.338 e. The van der Waals surface area contributed by atoms with Crippen molar-refractivity contribution >= 4 is 17.9 Å². The van der Waals surface area contributed by atoms with Crippen LogP contribution in [0.2, 0.25) is 0 Å². The summed E-state index contributed by atoms with van der Waals surface area (Å²) in [4.78, 5) is 41.4. The van der Waals surface area contributed by atoms with Gasteiger partial charge in [-0.25, -0.2) is 14.4 Å². The summed E-state index contributed by atoms with van der Waals surface area (Å²) in [5, 5.41) is 14.8. The van der Waals surface area contributed by atoms with Crippen molar-refractivity contribution in [2.75, 3.05) is 19.8 Å². The molecule has 3 aromatic rings. The van der Waals surface area contributed by atoms with Crippen LogP contribution in [0.3, 0.4) is 0 Å². The fourth-order valence-electron chi connectivity index (χ4n) is 4.15. The molecule has 1 aliphatic rings. The Balaban J connectivity index is 1.59. The molecule has 12 heteroatoms. The first-order valence-corrected chi connectivity index (χ1v) is 13.2. The van der Waals surface area contributed by atoms with E-state index in [-0.39, 0.29) is 29.8 Å². The van der Waals surface area contributed by atoms with Gasteiger partial charge in [-0.2, -0.15) is 0 Å². The van der Waals surface area contributed by atoms with Crippen LogP contribution in [0.5, 0.6) is 0 Å². The number of nitrogens with zero attached hydrogens (tertiary/aromatic N) is 3. The van der Waals surface area contributed by atoms with Gasteiger partial charge in [0.1, 0.15) is 18.8 Å². The van der Waals surface area contributed by atoms with E-state index in [2.05, 4.69) is 10.0 Å². The van der Waals surface area contributed by atoms with E-state index in [0.717, 1.165) is 0 Å². The average molecular weight is 576 g/mol. The normalized spacial score (nSPS) is 21.4. The molecule has 0 saturated carbocycles. The molecule has 1 saturated heterocycles. The molecule has 42 heavy (non-hydrogen) atoms. The van der Waals surface area contributed by atoms with Gasteiger partial charge in [-0.3, -0.25) is 0 Å². The highest BCUT2D eigenvalue weighted by Crippen LogP contribution is 2.29. The number of aliphatic hydroxyl groups is 1. The highest BCUT2D eigenvalue weighted by molar-refractivity contribution is 5.90. The van der Waals surface area contributed by atoms with Crippen molar-refractivity contribution in [1.82, 2.24) is 0 Å². The van der Waals surface area contributed by atoms with Gasteiger partial charge in [0, 0.05) is 11.5 Å². The van der Waals surface area contributed by atoms with Crippen molar-refractivity contribution in [2.24, 2.45) is 5.11 Å². The summed E-state index contributed by atoms with van der Waals surface area (Å²) < 4.78 is 28.6. The van der Waals surface area contributed by atoms with Crippen LogP contribution in [0.25, 0.3) is 10.4 Å². The van der Waals surface area contributed by atoms with Gasteiger partial charge in [0.05, 0.1) is 23.3 Å². The topological polar surface area (TPSA) is 166 Å². The Hall–Kier alpha value is -4.74. The number of esters is 3. The predicted octanol–water partition coefficient (Wildman–Crippen LogP) is 4.10. The SMILES string of the molecule is [N-]=[N+]=NCCCO[C@@H]1O[C@H](COC(=O)c2ccccc2)[C@@H](O)[C@H](OC(=O)c2ccccc2)[C@H]1OC(=O)c1ccccc1. The molecule has 1 fully saturated rings. The molecular weight excluding hydrogens is 546 g/mol. The first-order valence-electron chi connectivity index (χ1n) is 13.2. The minimum absolute atomic E-state index is 0.00897. The number of ether oxygens (including phenoxy) is 5. The van der Waals surface area contributed by atoms with Gasteiger partial charge in [-0.05, 0) is 48.4 Å². The second kappa shape index (κ2) is 15.3. The van der Waals surface area contributed by atoms with Crippen LogP contribution in [-0.2, 0) is 23.7 Å². The Morgan fingerprint density at radius 1 is 0.786 bits per heavy atom. The molecule has 0 spiro atoms. The van der Waals surface area contributed by atoms with Gasteiger partial charge in [-0.15, -0.1) is 0 Å².